The summed E-state index contributed by atoms with van der Waals surface area (Å²) in [6.07, 6.45) is 1.39. The van der Waals surface area contributed by atoms with Crippen molar-refractivity contribution in [3.63, 3.8) is 0 Å². The number of rotatable bonds is 0. The Morgan fingerprint density at radius 2 is 2.33 bits per heavy atom. The number of hydrogen-bond acceptors (Lipinski definition) is 5. The molecular formula is C4H2N4S. The molecular weight excluding hydrogens is 136 g/mol. The number of nitrogens with zero attached hydrogens (tertiary/aromatic N) is 4. The predicted molar refractivity (Wildman–Crippen MR) is 33.0 cm³/mol. The van der Waals surface area contributed by atoms with Crippen LogP contribution in [0.4, 0.5) is 0 Å². The van der Waals surface area contributed by atoms with Crippen molar-refractivity contribution in [2.75, 3.05) is 0 Å². The summed E-state index contributed by atoms with van der Waals surface area (Å²) >= 11 is 1.44. The fraction of sp³-hybridized carbons (Fsp3) is 0. The van der Waals surface area contributed by atoms with Crippen molar-refractivity contribution in [3.8, 4) is 0 Å². The molecule has 0 amide bonds. The average molecular weight is 138 g/mol. The minimum Gasteiger partial charge on any atom is -0.223 e. The molecule has 9 heavy (non-hydrogen) atoms. The molecule has 2 aromatic heterocycles. The molecule has 0 fully saturated rings. The lowest BCUT2D eigenvalue weighted by Gasteiger charge is -1.78. The maximum atomic E-state index is 3.92. The van der Waals surface area contributed by atoms with E-state index in [4.69, 9.17) is 0 Å². The van der Waals surface area contributed by atoms with Gasteiger partial charge >= 0.3 is 0 Å². The molecule has 44 valence electrons. The zero-order valence-electron chi connectivity index (χ0n) is 4.35. The summed E-state index contributed by atoms with van der Waals surface area (Å²) in [5.74, 6) is 0. The first-order valence-electron chi connectivity index (χ1n) is 2.34. The van der Waals surface area contributed by atoms with Crippen LogP contribution in [0.3, 0.4) is 0 Å². The van der Waals surface area contributed by atoms with Gasteiger partial charge in [-0.05, 0) is 0 Å². The van der Waals surface area contributed by atoms with Gasteiger partial charge in [-0.25, -0.2) is 9.97 Å². The third kappa shape index (κ3) is 0.655. The highest BCUT2D eigenvalue weighted by Gasteiger charge is 1.94. The standard InChI is InChI=1S/C4H2N4S/c1-5-3-4(8-7-1)9-2-6-3/h1-2H. The van der Waals surface area contributed by atoms with Gasteiger partial charge in [-0.15, -0.1) is 10.2 Å². The van der Waals surface area contributed by atoms with Gasteiger partial charge in [0.05, 0.1) is 5.51 Å². The van der Waals surface area contributed by atoms with Crippen molar-refractivity contribution >= 4 is 21.8 Å². The Kier molecular flexibility index (Phi) is 0.895. The van der Waals surface area contributed by atoms with E-state index in [2.05, 4.69) is 20.2 Å². The molecule has 0 saturated carbocycles. The highest BCUT2D eigenvalue weighted by molar-refractivity contribution is 7.16. The van der Waals surface area contributed by atoms with E-state index in [9.17, 15) is 0 Å². The number of aromatic nitrogens is 4. The van der Waals surface area contributed by atoms with Crippen LogP contribution in [0.15, 0.2) is 11.8 Å². The highest BCUT2D eigenvalue weighted by atomic mass is 32.1. The number of hydrogen-bond donors (Lipinski definition) is 0. The van der Waals surface area contributed by atoms with Crippen LogP contribution in [0.1, 0.15) is 0 Å². The molecule has 0 saturated heterocycles. The molecule has 0 unspecified atom stereocenters. The molecule has 0 aromatic carbocycles. The topological polar surface area (TPSA) is 51.6 Å². The van der Waals surface area contributed by atoms with Gasteiger partial charge in [0.1, 0.15) is 6.33 Å². The Hall–Kier alpha value is -1.10. The zero-order chi connectivity index (χ0) is 6.10. The molecule has 0 aliphatic rings. The fourth-order valence-corrected chi connectivity index (χ4v) is 1.11. The van der Waals surface area contributed by atoms with Crippen molar-refractivity contribution < 1.29 is 0 Å². The van der Waals surface area contributed by atoms with Crippen LogP contribution in [0.2, 0.25) is 0 Å². The van der Waals surface area contributed by atoms with Gasteiger partial charge in [-0.2, -0.15) is 0 Å². The lowest BCUT2D eigenvalue weighted by molar-refractivity contribution is 1.02. The summed E-state index contributed by atoms with van der Waals surface area (Å²) in [7, 11) is 0. The van der Waals surface area contributed by atoms with Gasteiger partial charge < -0.3 is 0 Å². The van der Waals surface area contributed by atoms with Gasteiger partial charge in [0.15, 0.2) is 10.5 Å². The van der Waals surface area contributed by atoms with Crippen LogP contribution < -0.4 is 0 Å². The molecule has 0 radical (unpaired) electrons. The molecule has 0 atom stereocenters. The average Bonchev–Trinajstić information content (AvgIpc) is 2.33. The fourth-order valence-electron chi connectivity index (χ4n) is 0.550. The van der Waals surface area contributed by atoms with Crippen LogP contribution in [0, 0.1) is 0 Å². The zero-order valence-corrected chi connectivity index (χ0v) is 5.17. The van der Waals surface area contributed by atoms with Crippen molar-refractivity contribution in [1.82, 2.24) is 20.2 Å². The van der Waals surface area contributed by atoms with E-state index in [1.165, 1.54) is 17.7 Å². The van der Waals surface area contributed by atoms with E-state index in [0.29, 0.717) is 5.65 Å². The van der Waals surface area contributed by atoms with Gasteiger partial charge in [-0.3, -0.25) is 0 Å². The van der Waals surface area contributed by atoms with Crippen LogP contribution in [0.5, 0.6) is 0 Å². The Labute approximate surface area is 54.6 Å². The minimum absolute atomic E-state index is 0.676. The van der Waals surface area contributed by atoms with E-state index in [1.807, 2.05) is 0 Å². The summed E-state index contributed by atoms with van der Waals surface area (Å²) in [6, 6.07) is 0. The molecule has 2 rings (SSSR count). The Morgan fingerprint density at radius 3 is 3.22 bits per heavy atom. The molecule has 2 heterocycles. The van der Waals surface area contributed by atoms with E-state index in [-0.39, 0.29) is 0 Å². The third-order valence-corrected chi connectivity index (χ3v) is 1.61. The second kappa shape index (κ2) is 1.70. The van der Waals surface area contributed by atoms with Gasteiger partial charge in [-0.1, -0.05) is 11.3 Å². The quantitative estimate of drug-likeness (QED) is 0.531. The van der Waals surface area contributed by atoms with Crippen LogP contribution in [-0.4, -0.2) is 20.2 Å². The van der Waals surface area contributed by atoms with E-state index < -0.39 is 0 Å². The Morgan fingerprint density at radius 1 is 1.33 bits per heavy atom. The SMILES string of the molecule is c1nnc2scnc2n1. The van der Waals surface area contributed by atoms with Crippen LogP contribution in [-0.2, 0) is 0 Å². The van der Waals surface area contributed by atoms with Crippen molar-refractivity contribution in [3.05, 3.63) is 11.8 Å². The monoisotopic (exact) mass is 138 g/mol. The summed E-state index contributed by atoms with van der Waals surface area (Å²) in [5, 5.41) is 7.38. The first-order chi connectivity index (χ1) is 4.47. The van der Waals surface area contributed by atoms with Gasteiger partial charge in [0, 0.05) is 0 Å². The largest absolute Gasteiger partial charge is 0.223 e. The molecule has 4 nitrogen and oxygen atoms in total. The molecule has 0 spiro atoms. The Balaban J connectivity index is 2.95. The maximum absolute atomic E-state index is 3.92. The second-order valence-corrected chi connectivity index (χ2v) is 2.27. The van der Waals surface area contributed by atoms with Crippen LogP contribution in [0.25, 0.3) is 10.5 Å². The predicted octanol–water partition coefficient (Wildman–Crippen LogP) is 0.481. The Bertz CT molecular complexity index is 287. The van der Waals surface area contributed by atoms with E-state index in [0.717, 1.165) is 4.83 Å². The van der Waals surface area contributed by atoms with Crippen molar-refractivity contribution in [2.45, 2.75) is 0 Å². The van der Waals surface area contributed by atoms with E-state index in [1.54, 1.807) is 5.51 Å². The normalized spacial score (nSPS) is 10.2. The number of thiazole rings is 1. The summed E-state index contributed by atoms with van der Waals surface area (Å²) < 4.78 is 0. The molecule has 0 N–H and O–H groups in total. The highest BCUT2D eigenvalue weighted by Crippen LogP contribution is 2.08. The first kappa shape index (κ1) is 4.75. The molecule has 0 bridgehead atoms. The molecule has 5 heteroatoms. The third-order valence-electron chi connectivity index (χ3n) is 0.911. The maximum Gasteiger partial charge on any atom is 0.193 e. The van der Waals surface area contributed by atoms with Gasteiger partial charge in [0.2, 0.25) is 0 Å². The van der Waals surface area contributed by atoms with Crippen molar-refractivity contribution in [1.29, 1.82) is 0 Å². The lowest BCUT2D eigenvalue weighted by atomic mass is 10.8. The molecule has 0 aliphatic carbocycles. The number of fused-ring (bicyclic) bond motifs is 1. The van der Waals surface area contributed by atoms with E-state index >= 15 is 0 Å². The summed E-state index contributed by atoms with van der Waals surface area (Å²) in [5.41, 5.74) is 2.38. The summed E-state index contributed by atoms with van der Waals surface area (Å²) in [6.45, 7) is 0. The summed E-state index contributed by atoms with van der Waals surface area (Å²) in [4.78, 5) is 8.58. The van der Waals surface area contributed by atoms with Gasteiger partial charge in [0.25, 0.3) is 0 Å². The lowest BCUT2D eigenvalue weighted by Crippen LogP contribution is -1.81. The molecule has 2 aromatic rings. The first-order valence-corrected chi connectivity index (χ1v) is 3.21. The minimum atomic E-state index is 0.676. The van der Waals surface area contributed by atoms with Crippen LogP contribution >= 0.6 is 11.3 Å². The van der Waals surface area contributed by atoms with Crippen molar-refractivity contribution in [2.24, 2.45) is 0 Å². The molecule has 0 aliphatic heterocycles. The second-order valence-electron chi connectivity index (χ2n) is 1.44. The smallest absolute Gasteiger partial charge is 0.193 e.